The van der Waals surface area contributed by atoms with Gasteiger partial charge in [0.25, 0.3) is 0 Å². The Morgan fingerprint density at radius 3 is 2.64 bits per heavy atom. The van der Waals surface area contributed by atoms with E-state index in [1.165, 1.54) is 10.9 Å². The summed E-state index contributed by atoms with van der Waals surface area (Å²) in [6, 6.07) is 12.6. The average Bonchev–Trinajstić information content (AvgIpc) is 2.99. The molecule has 2 aromatic heterocycles. The highest BCUT2D eigenvalue weighted by atomic mass is 14.9. The molecule has 0 amide bonds. The largest absolute Gasteiger partial charge is 0.387 e. The summed E-state index contributed by atoms with van der Waals surface area (Å²) >= 11 is 0. The summed E-state index contributed by atoms with van der Waals surface area (Å²) in [4.78, 5) is 12.0. The normalized spacial score (nSPS) is 12.5. The maximum atomic E-state index is 5.67. The van der Waals surface area contributed by atoms with Crippen LogP contribution in [0.4, 0.5) is 0 Å². The predicted molar refractivity (Wildman–Crippen MR) is 106 cm³/mol. The smallest absolute Gasteiger partial charge is 0.0960 e. The third-order valence-electron chi connectivity index (χ3n) is 4.36. The second-order valence-corrected chi connectivity index (χ2v) is 7.07. The SMILES string of the molecule is C=C(CC(C)(C)c1cc2cccc(-c3ccncc3)c2[nH]1)N=C(C)N. The first-order valence-corrected chi connectivity index (χ1v) is 8.38. The van der Waals surface area contributed by atoms with Crippen molar-refractivity contribution in [2.24, 2.45) is 10.7 Å². The van der Waals surface area contributed by atoms with Gasteiger partial charge in [-0.05, 0) is 37.1 Å². The first-order valence-electron chi connectivity index (χ1n) is 8.38. The van der Waals surface area contributed by atoms with E-state index in [9.17, 15) is 0 Å². The first-order chi connectivity index (χ1) is 11.9. The second kappa shape index (κ2) is 6.55. The van der Waals surface area contributed by atoms with Crippen LogP contribution in [0.3, 0.4) is 0 Å². The van der Waals surface area contributed by atoms with Gasteiger partial charge < -0.3 is 10.7 Å². The summed E-state index contributed by atoms with van der Waals surface area (Å²) in [5, 5.41) is 1.20. The fourth-order valence-electron chi connectivity index (χ4n) is 3.19. The Morgan fingerprint density at radius 2 is 1.96 bits per heavy atom. The lowest BCUT2D eigenvalue weighted by Gasteiger charge is -2.23. The van der Waals surface area contributed by atoms with Crippen LogP contribution in [-0.4, -0.2) is 15.8 Å². The molecule has 0 spiro atoms. The summed E-state index contributed by atoms with van der Waals surface area (Å²) in [7, 11) is 0. The molecule has 0 saturated carbocycles. The fourth-order valence-corrected chi connectivity index (χ4v) is 3.19. The Hall–Kier alpha value is -2.88. The van der Waals surface area contributed by atoms with E-state index in [4.69, 9.17) is 5.73 Å². The number of para-hydroxylation sites is 1. The van der Waals surface area contributed by atoms with Crippen molar-refractivity contribution in [1.82, 2.24) is 9.97 Å². The van der Waals surface area contributed by atoms with Gasteiger partial charge in [0.15, 0.2) is 0 Å². The number of nitrogens with two attached hydrogens (primary N) is 1. The van der Waals surface area contributed by atoms with Crippen LogP contribution < -0.4 is 5.73 Å². The third kappa shape index (κ3) is 3.63. The molecule has 4 heteroatoms. The van der Waals surface area contributed by atoms with Crippen LogP contribution in [0, 0.1) is 0 Å². The molecule has 0 bridgehead atoms. The topological polar surface area (TPSA) is 67.1 Å². The molecule has 0 saturated heterocycles. The van der Waals surface area contributed by atoms with Crippen LogP contribution in [-0.2, 0) is 5.41 Å². The highest BCUT2D eigenvalue weighted by molar-refractivity contribution is 5.94. The number of hydrogen-bond donors (Lipinski definition) is 2. The van der Waals surface area contributed by atoms with E-state index >= 15 is 0 Å². The van der Waals surface area contributed by atoms with Crippen molar-refractivity contribution < 1.29 is 0 Å². The molecule has 0 unspecified atom stereocenters. The second-order valence-electron chi connectivity index (χ2n) is 7.07. The number of amidine groups is 1. The number of aromatic amines is 1. The van der Waals surface area contributed by atoms with Crippen LogP contribution in [0.15, 0.2) is 66.1 Å². The van der Waals surface area contributed by atoms with E-state index in [1.807, 2.05) is 24.5 Å². The van der Waals surface area contributed by atoms with Crippen molar-refractivity contribution >= 4 is 16.7 Å². The zero-order valence-corrected chi connectivity index (χ0v) is 15.0. The van der Waals surface area contributed by atoms with Crippen LogP contribution in [0.25, 0.3) is 22.0 Å². The van der Waals surface area contributed by atoms with Gasteiger partial charge >= 0.3 is 0 Å². The van der Waals surface area contributed by atoms with E-state index in [2.05, 4.69) is 59.7 Å². The molecule has 0 aliphatic heterocycles. The molecule has 2 heterocycles. The standard InChI is InChI=1S/C21H24N4/c1-14(24-15(2)22)13-21(3,4)19-12-17-6-5-7-18(20(17)25-19)16-8-10-23-11-9-16/h5-12,25H,1,13H2,2-4H3,(H2,22,24). The molecular formula is C21H24N4. The quantitative estimate of drug-likeness (QED) is 0.521. The number of aliphatic imine (C=N–C) groups is 1. The minimum absolute atomic E-state index is 0.120. The number of hydrogen-bond acceptors (Lipinski definition) is 2. The Balaban J connectivity index is 2.01. The highest BCUT2D eigenvalue weighted by Crippen LogP contribution is 2.35. The summed E-state index contributed by atoms with van der Waals surface area (Å²) in [5.74, 6) is 0.539. The van der Waals surface area contributed by atoms with Crippen molar-refractivity contribution in [3.63, 3.8) is 0 Å². The number of H-pyrrole nitrogens is 1. The molecule has 1 aromatic carbocycles. The maximum Gasteiger partial charge on any atom is 0.0960 e. The van der Waals surface area contributed by atoms with E-state index in [1.54, 1.807) is 6.92 Å². The lowest BCUT2D eigenvalue weighted by Crippen LogP contribution is -2.18. The number of benzene rings is 1. The van der Waals surface area contributed by atoms with Gasteiger partial charge in [-0.25, -0.2) is 4.99 Å². The molecule has 25 heavy (non-hydrogen) atoms. The first kappa shape index (κ1) is 17.0. The summed E-state index contributed by atoms with van der Waals surface area (Å²) in [6.45, 7) is 10.2. The minimum Gasteiger partial charge on any atom is -0.387 e. The molecule has 0 radical (unpaired) electrons. The molecule has 3 N–H and O–H groups in total. The fraction of sp³-hybridized carbons (Fsp3) is 0.238. The number of nitrogens with zero attached hydrogens (tertiary/aromatic N) is 2. The van der Waals surface area contributed by atoms with Crippen LogP contribution >= 0.6 is 0 Å². The van der Waals surface area contributed by atoms with E-state index in [-0.39, 0.29) is 5.41 Å². The van der Waals surface area contributed by atoms with Crippen molar-refractivity contribution in [2.75, 3.05) is 0 Å². The number of rotatable bonds is 5. The molecular weight excluding hydrogens is 308 g/mol. The van der Waals surface area contributed by atoms with Crippen molar-refractivity contribution in [3.05, 3.63) is 66.8 Å². The van der Waals surface area contributed by atoms with Gasteiger partial charge in [0.1, 0.15) is 0 Å². The maximum absolute atomic E-state index is 5.67. The Bertz CT molecular complexity index is 929. The van der Waals surface area contributed by atoms with E-state index in [0.717, 1.165) is 28.9 Å². The van der Waals surface area contributed by atoms with Crippen molar-refractivity contribution in [1.29, 1.82) is 0 Å². The van der Waals surface area contributed by atoms with Gasteiger partial charge in [-0.15, -0.1) is 0 Å². The lowest BCUT2D eigenvalue weighted by molar-refractivity contribution is 0.506. The molecule has 0 aliphatic carbocycles. The van der Waals surface area contributed by atoms with Gasteiger partial charge in [-0.3, -0.25) is 4.98 Å². The van der Waals surface area contributed by atoms with Gasteiger partial charge in [0, 0.05) is 40.1 Å². The number of pyridine rings is 1. The number of aromatic nitrogens is 2. The monoisotopic (exact) mass is 332 g/mol. The van der Waals surface area contributed by atoms with Crippen LogP contribution in [0.5, 0.6) is 0 Å². The van der Waals surface area contributed by atoms with Gasteiger partial charge in [-0.2, -0.15) is 0 Å². The Morgan fingerprint density at radius 1 is 1.24 bits per heavy atom. The minimum atomic E-state index is -0.120. The van der Waals surface area contributed by atoms with Crippen molar-refractivity contribution in [2.45, 2.75) is 32.6 Å². The van der Waals surface area contributed by atoms with E-state index < -0.39 is 0 Å². The Kier molecular flexibility index (Phi) is 4.45. The van der Waals surface area contributed by atoms with Gasteiger partial charge in [0.2, 0.25) is 0 Å². The zero-order valence-electron chi connectivity index (χ0n) is 15.0. The van der Waals surface area contributed by atoms with Gasteiger partial charge in [-0.1, -0.05) is 38.6 Å². The molecule has 0 aliphatic rings. The number of nitrogens with one attached hydrogen (secondary N) is 1. The lowest BCUT2D eigenvalue weighted by atomic mass is 9.84. The van der Waals surface area contributed by atoms with E-state index in [0.29, 0.717) is 5.84 Å². The number of fused-ring (bicyclic) bond motifs is 1. The summed E-state index contributed by atoms with van der Waals surface area (Å²) in [6.07, 6.45) is 4.37. The van der Waals surface area contributed by atoms with Crippen LogP contribution in [0.1, 0.15) is 32.9 Å². The number of allylic oxidation sites excluding steroid dienone is 1. The molecule has 3 aromatic rings. The average molecular weight is 332 g/mol. The predicted octanol–water partition coefficient (Wildman–Crippen LogP) is 4.79. The molecule has 4 nitrogen and oxygen atoms in total. The summed E-state index contributed by atoms with van der Waals surface area (Å²) in [5.41, 5.74) is 11.0. The molecule has 128 valence electrons. The molecule has 0 atom stereocenters. The summed E-state index contributed by atoms with van der Waals surface area (Å²) < 4.78 is 0. The Labute approximate surface area is 148 Å². The van der Waals surface area contributed by atoms with Gasteiger partial charge in [0.05, 0.1) is 11.4 Å². The van der Waals surface area contributed by atoms with Crippen LogP contribution in [0.2, 0.25) is 0 Å². The third-order valence-corrected chi connectivity index (χ3v) is 4.36. The molecule has 3 rings (SSSR count). The molecule has 0 fully saturated rings. The van der Waals surface area contributed by atoms with Crippen molar-refractivity contribution in [3.8, 4) is 11.1 Å². The zero-order chi connectivity index (χ0) is 18.0. The highest BCUT2D eigenvalue weighted by Gasteiger charge is 2.24.